The van der Waals surface area contributed by atoms with Crippen molar-refractivity contribution in [1.82, 2.24) is 10.2 Å². The highest BCUT2D eigenvalue weighted by molar-refractivity contribution is 7.92. The van der Waals surface area contributed by atoms with E-state index in [-0.39, 0.29) is 24.8 Å². The maximum absolute atomic E-state index is 13.2. The number of benzene rings is 2. The molecule has 1 N–H and O–H groups in total. The van der Waals surface area contributed by atoms with Crippen molar-refractivity contribution in [3.8, 4) is 0 Å². The van der Waals surface area contributed by atoms with E-state index in [4.69, 9.17) is 11.6 Å². The van der Waals surface area contributed by atoms with Crippen molar-refractivity contribution >= 4 is 39.1 Å². The molecule has 9 heteroatoms. The van der Waals surface area contributed by atoms with Gasteiger partial charge in [-0.2, -0.15) is 0 Å². The molecule has 1 atom stereocenters. The Kier molecular flexibility index (Phi) is 10.4. The van der Waals surface area contributed by atoms with Crippen LogP contribution in [0.3, 0.4) is 0 Å². The first-order valence-electron chi connectivity index (χ1n) is 11.3. The van der Waals surface area contributed by atoms with E-state index in [0.29, 0.717) is 36.1 Å². The van der Waals surface area contributed by atoms with Crippen LogP contribution in [0, 0.1) is 5.92 Å². The molecule has 2 aromatic rings. The van der Waals surface area contributed by atoms with Gasteiger partial charge in [0.15, 0.2) is 0 Å². The normalized spacial score (nSPS) is 12.3. The molecule has 186 valence electrons. The highest BCUT2D eigenvalue weighted by Gasteiger charge is 2.26. The molecule has 0 aliphatic carbocycles. The summed E-state index contributed by atoms with van der Waals surface area (Å²) in [5.41, 5.74) is 1.40. The van der Waals surface area contributed by atoms with Gasteiger partial charge in [-0.1, -0.05) is 55.8 Å². The number of carbonyl (C=O) groups is 2. The fraction of sp³-hybridized carbons (Fsp3) is 0.440. The molecule has 2 aromatic carbocycles. The number of halogens is 1. The van der Waals surface area contributed by atoms with E-state index >= 15 is 0 Å². The van der Waals surface area contributed by atoms with E-state index in [0.717, 1.165) is 11.8 Å². The molecule has 0 saturated heterocycles. The van der Waals surface area contributed by atoms with Gasteiger partial charge in [0.1, 0.15) is 6.04 Å². The molecule has 0 fully saturated rings. The summed E-state index contributed by atoms with van der Waals surface area (Å²) in [6.07, 6.45) is 1.54. The zero-order valence-corrected chi connectivity index (χ0v) is 21.8. The number of rotatable bonds is 12. The Morgan fingerprint density at radius 1 is 1.00 bits per heavy atom. The maximum atomic E-state index is 13.2. The third-order valence-corrected chi connectivity index (χ3v) is 6.76. The van der Waals surface area contributed by atoms with E-state index in [1.807, 2.05) is 44.2 Å². The molecule has 0 aliphatic heterocycles. The topological polar surface area (TPSA) is 86.8 Å². The van der Waals surface area contributed by atoms with Crippen molar-refractivity contribution < 1.29 is 18.0 Å². The van der Waals surface area contributed by atoms with Gasteiger partial charge in [0.05, 0.1) is 11.9 Å². The average Bonchev–Trinajstić information content (AvgIpc) is 2.78. The summed E-state index contributed by atoms with van der Waals surface area (Å²) in [6.45, 7) is 6.69. The van der Waals surface area contributed by atoms with E-state index in [1.165, 1.54) is 4.31 Å². The van der Waals surface area contributed by atoms with Crippen LogP contribution in [-0.4, -0.2) is 50.5 Å². The van der Waals surface area contributed by atoms with Gasteiger partial charge in [-0.05, 0) is 49.1 Å². The molecule has 0 aliphatic rings. The maximum Gasteiger partial charge on any atom is 0.242 e. The van der Waals surface area contributed by atoms with Crippen LogP contribution in [0.5, 0.6) is 0 Å². The molecule has 2 rings (SSSR count). The molecule has 34 heavy (non-hydrogen) atoms. The Morgan fingerprint density at radius 3 is 2.18 bits per heavy atom. The number of carbonyl (C=O) groups excluding carboxylic acids is 2. The lowest BCUT2D eigenvalue weighted by atomic mass is 10.1. The molecule has 0 heterocycles. The highest BCUT2D eigenvalue weighted by atomic mass is 35.5. The SMILES string of the molecule is CC(C)CNC(=O)C(C)N(Cc1ccccc1)C(=O)CCCN(c1ccc(Cl)cc1)S(C)(=O)=O. The van der Waals surface area contributed by atoms with Crippen LogP contribution in [0.15, 0.2) is 54.6 Å². The molecular formula is C25H34ClN3O4S. The van der Waals surface area contributed by atoms with Gasteiger partial charge in [-0.25, -0.2) is 8.42 Å². The van der Waals surface area contributed by atoms with Crippen molar-refractivity contribution in [3.05, 3.63) is 65.2 Å². The average molecular weight is 508 g/mol. The molecule has 0 radical (unpaired) electrons. The van der Waals surface area contributed by atoms with Gasteiger partial charge in [0.2, 0.25) is 21.8 Å². The fourth-order valence-electron chi connectivity index (χ4n) is 3.43. The summed E-state index contributed by atoms with van der Waals surface area (Å²) in [4.78, 5) is 27.5. The standard InChI is InChI=1S/C25H34ClN3O4S/c1-19(2)17-27-25(31)20(3)28(18-21-9-6-5-7-10-21)24(30)11-8-16-29(34(4,32)33)23-14-12-22(26)13-15-23/h5-7,9-10,12-15,19-20H,8,11,16-18H2,1-4H3,(H,27,31). The van der Waals surface area contributed by atoms with Crippen molar-refractivity contribution in [2.45, 2.75) is 46.2 Å². The number of amides is 2. The Morgan fingerprint density at radius 2 is 1.62 bits per heavy atom. The van der Waals surface area contributed by atoms with Crippen LogP contribution in [0.2, 0.25) is 5.02 Å². The Bertz CT molecular complexity index is 1040. The summed E-state index contributed by atoms with van der Waals surface area (Å²) in [6, 6.07) is 15.3. The zero-order valence-electron chi connectivity index (χ0n) is 20.2. The predicted molar refractivity (Wildman–Crippen MR) is 137 cm³/mol. The van der Waals surface area contributed by atoms with Crippen LogP contribution in [0.4, 0.5) is 5.69 Å². The minimum atomic E-state index is -3.54. The second-order valence-electron chi connectivity index (χ2n) is 8.74. The fourth-order valence-corrected chi connectivity index (χ4v) is 4.52. The van der Waals surface area contributed by atoms with E-state index in [9.17, 15) is 18.0 Å². The molecule has 1 unspecified atom stereocenters. The molecule has 0 saturated carbocycles. The first-order valence-corrected chi connectivity index (χ1v) is 13.6. The zero-order chi connectivity index (χ0) is 25.3. The lowest BCUT2D eigenvalue weighted by Crippen LogP contribution is -2.48. The summed E-state index contributed by atoms with van der Waals surface area (Å²) < 4.78 is 25.9. The number of hydrogen-bond donors (Lipinski definition) is 1. The summed E-state index contributed by atoms with van der Waals surface area (Å²) in [5, 5.41) is 3.40. The predicted octanol–water partition coefficient (Wildman–Crippen LogP) is 4.08. The van der Waals surface area contributed by atoms with Crippen molar-refractivity contribution in [2.75, 3.05) is 23.7 Å². The van der Waals surface area contributed by atoms with Gasteiger partial charge in [0.25, 0.3) is 0 Å². The lowest BCUT2D eigenvalue weighted by Gasteiger charge is -2.29. The van der Waals surface area contributed by atoms with Crippen molar-refractivity contribution in [1.29, 1.82) is 0 Å². The quantitative estimate of drug-likeness (QED) is 0.469. The van der Waals surface area contributed by atoms with Crippen molar-refractivity contribution in [3.63, 3.8) is 0 Å². The minimum absolute atomic E-state index is 0.105. The molecule has 0 bridgehead atoms. The number of anilines is 1. The molecule has 7 nitrogen and oxygen atoms in total. The lowest BCUT2D eigenvalue weighted by molar-refractivity contribution is -0.140. The van der Waals surface area contributed by atoms with Crippen LogP contribution < -0.4 is 9.62 Å². The number of hydrogen-bond acceptors (Lipinski definition) is 4. The molecular weight excluding hydrogens is 474 g/mol. The van der Waals surface area contributed by atoms with Gasteiger partial charge < -0.3 is 10.2 Å². The minimum Gasteiger partial charge on any atom is -0.354 e. The van der Waals surface area contributed by atoms with Gasteiger partial charge in [0, 0.05) is 31.1 Å². The monoisotopic (exact) mass is 507 g/mol. The molecule has 0 aromatic heterocycles. The Labute approximate surface area is 208 Å². The third-order valence-electron chi connectivity index (χ3n) is 5.31. The summed E-state index contributed by atoms with van der Waals surface area (Å²) in [5.74, 6) is -0.123. The Balaban J connectivity index is 2.12. The summed E-state index contributed by atoms with van der Waals surface area (Å²) >= 11 is 5.92. The third kappa shape index (κ3) is 8.65. The highest BCUT2D eigenvalue weighted by Crippen LogP contribution is 2.21. The first-order chi connectivity index (χ1) is 16.0. The molecule has 2 amide bonds. The summed E-state index contributed by atoms with van der Waals surface area (Å²) in [7, 11) is -3.54. The van der Waals surface area contributed by atoms with Gasteiger partial charge in [-0.15, -0.1) is 0 Å². The number of nitrogens with zero attached hydrogens (tertiary/aromatic N) is 2. The van der Waals surface area contributed by atoms with Gasteiger partial charge >= 0.3 is 0 Å². The number of nitrogens with one attached hydrogen (secondary N) is 1. The van der Waals surface area contributed by atoms with Crippen LogP contribution >= 0.6 is 11.6 Å². The second kappa shape index (κ2) is 12.8. The smallest absolute Gasteiger partial charge is 0.242 e. The van der Waals surface area contributed by atoms with Gasteiger partial charge in [-0.3, -0.25) is 13.9 Å². The van der Waals surface area contributed by atoms with Crippen LogP contribution in [0.25, 0.3) is 0 Å². The van der Waals surface area contributed by atoms with Crippen LogP contribution in [0.1, 0.15) is 39.2 Å². The van der Waals surface area contributed by atoms with E-state index < -0.39 is 16.1 Å². The number of sulfonamides is 1. The second-order valence-corrected chi connectivity index (χ2v) is 11.1. The van der Waals surface area contributed by atoms with E-state index in [1.54, 1.807) is 36.1 Å². The van der Waals surface area contributed by atoms with E-state index in [2.05, 4.69) is 5.32 Å². The Hall–Kier alpha value is -2.58. The molecule has 0 spiro atoms. The van der Waals surface area contributed by atoms with Crippen molar-refractivity contribution in [2.24, 2.45) is 5.92 Å². The van der Waals surface area contributed by atoms with Crippen LogP contribution in [-0.2, 0) is 26.2 Å². The first kappa shape index (κ1) is 27.7. The largest absolute Gasteiger partial charge is 0.354 e.